The van der Waals surface area contributed by atoms with Gasteiger partial charge in [0, 0.05) is 23.5 Å². The van der Waals surface area contributed by atoms with Crippen LogP contribution in [0.1, 0.15) is 30.7 Å². The molecule has 15 heavy (non-hydrogen) atoms. The highest BCUT2D eigenvalue weighted by Gasteiger charge is 2.15. The van der Waals surface area contributed by atoms with Gasteiger partial charge in [0.05, 0.1) is 4.34 Å². The zero-order chi connectivity index (χ0) is 10.7. The zero-order valence-electron chi connectivity index (χ0n) is 8.92. The quantitative estimate of drug-likeness (QED) is 0.851. The molecule has 2 heterocycles. The average Bonchev–Trinajstić information content (AvgIpc) is 2.84. The molecule has 84 valence electrons. The van der Waals surface area contributed by atoms with E-state index < -0.39 is 0 Å². The first-order valence-electron chi connectivity index (χ1n) is 5.47. The SMILES string of the molecule is CC(NCC1CCCN1)c1ccc(Cl)s1. The van der Waals surface area contributed by atoms with E-state index in [1.54, 1.807) is 11.3 Å². The monoisotopic (exact) mass is 244 g/mol. The molecular formula is C11H17ClN2S. The standard InChI is InChI=1S/C11H17ClN2S/c1-8(10-4-5-11(12)15-10)14-7-9-3-2-6-13-9/h4-5,8-9,13-14H,2-3,6-7H2,1H3. The fraction of sp³-hybridized carbons (Fsp3) is 0.636. The third kappa shape index (κ3) is 3.18. The maximum absolute atomic E-state index is 5.91. The van der Waals surface area contributed by atoms with Crippen LogP contribution in [0.4, 0.5) is 0 Å². The summed E-state index contributed by atoms with van der Waals surface area (Å²) >= 11 is 7.57. The summed E-state index contributed by atoms with van der Waals surface area (Å²) in [4.78, 5) is 1.32. The molecule has 1 saturated heterocycles. The van der Waals surface area contributed by atoms with Crippen molar-refractivity contribution in [1.82, 2.24) is 10.6 Å². The van der Waals surface area contributed by atoms with Gasteiger partial charge in [-0.15, -0.1) is 11.3 Å². The van der Waals surface area contributed by atoms with Crippen LogP contribution in [-0.2, 0) is 0 Å². The number of rotatable bonds is 4. The first kappa shape index (κ1) is 11.4. The molecule has 4 heteroatoms. The van der Waals surface area contributed by atoms with Crippen LogP contribution in [0.2, 0.25) is 4.34 Å². The molecule has 1 aromatic rings. The van der Waals surface area contributed by atoms with Gasteiger partial charge < -0.3 is 10.6 Å². The van der Waals surface area contributed by atoms with E-state index in [1.165, 1.54) is 24.3 Å². The first-order valence-corrected chi connectivity index (χ1v) is 6.67. The van der Waals surface area contributed by atoms with Crippen LogP contribution in [0.15, 0.2) is 12.1 Å². The average molecular weight is 245 g/mol. The van der Waals surface area contributed by atoms with Gasteiger partial charge in [-0.3, -0.25) is 0 Å². The van der Waals surface area contributed by atoms with E-state index in [2.05, 4.69) is 23.6 Å². The Morgan fingerprint density at radius 1 is 1.67 bits per heavy atom. The molecule has 2 N–H and O–H groups in total. The fourth-order valence-electron chi connectivity index (χ4n) is 1.91. The number of hydrogen-bond acceptors (Lipinski definition) is 3. The largest absolute Gasteiger partial charge is 0.313 e. The predicted molar refractivity (Wildman–Crippen MR) is 66.8 cm³/mol. The molecule has 0 aliphatic carbocycles. The van der Waals surface area contributed by atoms with E-state index in [0.29, 0.717) is 12.1 Å². The highest BCUT2D eigenvalue weighted by atomic mass is 35.5. The summed E-state index contributed by atoms with van der Waals surface area (Å²) in [7, 11) is 0. The van der Waals surface area contributed by atoms with E-state index >= 15 is 0 Å². The number of halogens is 1. The molecule has 2 rings (SSSR count). The van der Waals surface area contributed by atoms with Crippen molar-refractivity contribution in [2.75, 3.05) is 13.1 Å². The lowest BCUT2D eigenvalue weighted by Gasteiger charge is -2.16. The van der Waals surface area contributed by atoms with Gasteiger partial charge in [0.2, 0.25) is 0 Å². The highest BCUT2D eigenvalue weighted by molar-refractivity contribution is 7.16. The lowest BCUT2D eigenvalue weighted by Crippen LogP contribution is -2.34. The minimum atomic E-state index is 0.407. The fourth-order valence-corrected chi connectivity index (χ4v) is 3.00. The van der Waals surface area contributed by atoms with Crippen molar-refractivity contribution in [2.45, 2.75) is 31.8 Å². The van der Waals surface area contributed by atoms with E-state index in [1.807, 2.05) is 6.07 Å². The van der Waals surface area contributed by atoms with E-state index in [0.717, 1.165) is 10.9 Å². The topological polar surface area (TPSA) is 24.1 Å². The molecule has 0 spiro atoms. The molecule has 1 aromatic heterocycles. The van der Waals surface area contributed by atoms with Crippen molar-refractivity contribution in [1.29, 1.82) is 0 Å². The number of nitrogens with one attached hydrogen (secondary N) is 2. The Morgan fingerprint density at radius 3 is 3.13 bits per heavy atom. The molecule has 0 saturated carbocycles. The maximum atomic E-state index is 5.91. The van der Waals surface area contributed by atoms with Crippen LogP contribution >= 0.6 is 22.9 Å². The van der Waals surface area contributed by atoms with E-state index in [9.17, 15) is 0 Å². The van der Waals surface area contributed by atoms with Crippen LogP contribution in [0.25, 0.3) is 0 Å². The summed E-state index contributed by atoms with van der Waals surface area (Å²) in [6.45, 7) is 4.42. The summed E-state index contributed by atoms with van der Waals surface area (Å²) < 4.78 is 0.873. The Labute approximate surface area is 100 Å². The molecule has 1 fully saturated rings. The van der Waals surface area contributed by atoms with Crippen molar-refractivity contribution in [2.24, 2.45) is 0 Å². The minimum absolute atomic E-state index is 0.407. The van der Waals surface area contributed by atoms with Crippen LogP contribution in [0.3, 0.4) is 0 Å². The van der Waals surface area contributed by atoms with Crippen LogP contribution in [-0.4, -0.2) is 19.1 Å². The smallest absolute Gasteiger partial charge is 0.0931 e. The Balaban J connectivity index is 1.79. The zero-order valence-corrected chi connectivity index (χ0v) is 10.5. The third-order valence-corrected chi connectivity index (χ3v) is 4.27. The van der Waals surface area contributed by atoms with Crippen molar-refractivity contribution >= 4 is 22.9 Å². The normalized spacial score (nSPS) is 23.2. The van der Waals surface area contributed by atoms with Crippen LogP contribution in [0.5, 0.6) is 0 Å². The molecule has 0 radical (unpaired) electrons. The Bertz CT molecular complexity index is 307. The molecule has 2 unspecified atom stereocenters. The van der Waals surface area contributed by atoms with Crippen LogP contribution < -0.4 is 10.6 Å². The van der Waals surface area contributed by atoms with Gasteiger partial charge in [-0.2, -0.15) is 0 Å². The van der Waals surface area contributed by atoms with Gasteiger partial charge >= 0.3 is 0 Å². The predicted octanol–water partition coefficient (Wildman–Crippen LogP) is 2.80. The van der Waals surface area contributed by atoms with Crippen molar-refractivity contribution < 1.29 is 0 Å². The molecule has 1 aliphatic rings. The van der Waals surface area contributed by atoms with Gasteiger partial charge in [-0.05, 0) is 38.4 Å². The van der Waals surface area contributed by atoms with Crippen molar-refractivity contribution in [3.8, 4) is 0 Å². The summed E-state index contributed by atoms with van der Waals surface area (Å²) in [5, 5.41) is 7.03. The van der Waals surface area contributed by atoms with E-state index in [4.69, 9.17) is 11.6 Å². The van der Waals surface area contributed by atoms with Crippen molar-refractivity contribution in [3.63, 3.8) is 0 Å². The second-order valence-electron chi connectivity index (χ2n) is 4.07. The van der Waals surface area contributed by atoms with E-state index in [-0.39, 0.29) is 0 Å². The van der Waals surface area contributed by atoms with Crippen LogP contribution in [0, 0.1) is 0 Å². The number of hydrogen-bond donors (Lipinski definition) is 2. The molecule has 0 aromatic carbocycles. The minimum Gasteiger partial charge on any atom is -0.313 e. The highest BCUT2D eigenvalue weighted by Crippen LogP contribution is 2.26. The summed E-state index contributed by atoms with van der Waals surface area (Å²) in [6.07, 6.45) is 2.61. The summed E-state index contributed by atoms with van der Waals surface area (Å²) in [5.41, 5.74) is 0. The lowest BCUT2D eigenvalue weighted by atomic mass is 10.2. The van der Waals surface area contributed by atoms with Gasteiger partial charge in [-0.25, -0.2) is 0 Å². The molecule has 1 aliphatic heterocycles. The lowest BCUT2D eigenvalue weighted by molar-refractivity contribution is 0.493. The Hall–Kier alpha value is -0.0900. The van der Waals surface area contributed by atoms with Crippen molar-refractivity contribution in [3.05, 3.63) is 21.3 Å². The molecule has 0 bridgehead atoms. The summed E-state index contributed by atoms with van der Waals surface area (Å²) in [5.74, 6) is 0. The number of thiophene rings is 1. The maximum Gasteiger partial charge on any atom is 0.0931 e. The van der Waals surface area contributed by atoms with Gasteiger partial charge in [0.1, 0.15) is 0 Å². The molecule has 0 amide bonds. The molecular weight excluding hydrogens is 228 g/mol. The Kier molecular flexibility index (Phi) is 4.03. The van der Waals surface area contributed by atoms with Gasteiger partial charge in [0.15, 0.2) is 0 Å². The molecule has 2 atom stereocenters. The summed E-state index contributed by atoms with van der Waals surface area (Å²) in [6, 6.07) is 5.13. The second-order valence-corrected chi connectivity index (χ2v) is 5.81. The third-order valence-electron chi connectivity index (χ3n) is 2.85. The Morgan fingerprint density at radius 2 is 2.53 bits per heavy atom. The molecule has 2 nitrogen and oxygen atoms in total. The second kappa shape index (κ2) is 5.30. The first-order chi connectivity index (χ1) is 7.25. The van der Waals surface area contributed by atoms with Gasteiger partial charge in [-0.1, -0.05) is 11.6 Å². The van der Waals surface area contributed by atoms with Gasteiger partial charge in [0.25, 0.3) is 0 Å².